The molecule has 0 saturated carbocycles. The van der Waals surface area contributed by atoms with Crippen LogP contribution in [-0.4, -0.2) is 55.6 Å². The first-order valence-corrected chi connectivity index (χ1v) is 11.6. The topological polar surface area (TPSA) is 86.8 Å². The van der Waals surface area contributed by atoms with Crippen LogP contribution in [0.25, 0.3) is 0 Å². The summed E-state index contributed by atoms with van der Waals surface area (Å²) in [6, 6.07) is 6.61. The lowest BCUT2D eigenvalue weighted by molar-refractivity contribution is -0.116. The molecule has 2 amide bonds. The second-order valence-electron chi connectivity index (χ2n) is 7.64. The van der Waals surface area contributed by atoms with E-state index in [4.69, 9.17) is 0 Å². The number of halogens is 3. The molecule has 0 unspecified atom stereocenters. The van der Waals surface area contributed by atoms with Gasteiger partial charge in [-0.05, 0) is 56.7 Å². The number of anilines is 1. The Bertz CT molecular complexity index is 1120. The fraction of sp³-hybridized carbons (Fsp3) is 0.364. The van der Waals surface area contributed by atoms with Crippen LogP contribution in [0, 0.1) is 17.5 Å². The van der Waals surface area contributed by atoms with Crippen molar-refractivity contribution in [2.24, 2.45) is 0 Å². The maximum absolute atomic E-state index is 13.8. The first-order valence-electron chi connectivity index (χ1n) is 10.2. The Balaban J connectivity index is 2.18. The van der Waals surface area contributed by atoms with Crippen LogP contribution in [0.2, 0.25) is 0 Å². The molecule has 0 radical (unpaired) electrons. The molecular formula is C22H26F3N3O4S. The van der Waals surface area contributed by atoms with E-state index in [0.717, 1.165) is 6.07 Å². The van der Waals surface area contributed by atoms with Crippen LogP contribution in [0.1, 0.15) is 37.6 Å². The summed E-state index contributed by atoms with van der Waals surface area (Å²) in [7, 11) is -2.27. The molecule has 180 valence electrons. The van der Waals surface area contributed by atoms with Gasteiger partial charge in [0, 0.05) is 25.2 Å². The number of sulfonamides is 1. The van der Waals surface area contributed by atoms with Gasteiger partial charge in [-0.25, -0.2) is 21.6 Å². The lowest BCUT2D eigenvalue weighted by atomic mass is 10.2. The molecule has 0 heterocycles. The summed E-state index contributed by atoms with van der Waals surface area (Å²) in [5.41, 5.74) is -0.395. The molecule has 1 N–H and O–H groups in total. The van der Waals surface area contributed by atoms with E-state index < -0.39 is 51.5 Å². The summed E-state index contributed by atoms with van der Waals surface area (Å²) in [6.45, 7) is 4.96. The van der Waals surface area contributed by atoms with Crippen LogP contribution in [0.15, 0.2) is 41.3 Å². The van der Waals surface area contributed by atoms with Crippen LogP contribution in [0.5, 0.6) is 0 Å². The molecule has 0 atom stereocenters. The smallest absolute Gasteiger partial charge is 0.254 e. The van der Waals surface area contributed by atoms with Gasteiger partial charge >= 0.3 is 0 Å². The van der Waals surface area contributed by atoms with E-state index in [9.17, 15) is 31.2 Å². The molecule has 2 aromatic rings. The second-order valence-corrected chi connectivity index (χ2v) is 9.63. The van der Waals surface area contributed by atoms with Crippen LogP contribution in [0.3, 0.4) is 0 Å². The van der Waals surface area contributed by atoms with E-state index in [-0.39, 0.29) is 23.0 Å². The van der Waals surface area contributed by atoms with Gasteiger partial charge in [0.2, 0.25) is 15.9 Å². The zero-order chi connectivity index (χ0) is 24.9. The van der Waals surface area contributed by atoms with E-state index in [1.165, 1.54) is 40.5 Å². The normalized spacial score (nSPS) is 11.7. The Labute approximate surface area is 191 Å². The van der Waals surface area contributed by atoms with Crippen LogP contribution in [0.4, 0.5) is 18.9 Å². The number of nitrogens with one attached hydrogen (secondary N) is 1. The van der Waals surface area contributed by atoms with E-state index in [1.807, 2.05) is 0 Å². The van der Waals surface area contributed by atoms with Crippen molar-refractivity contribution in [2.75, 3.05) is 25.5 Å². The van der Waals surface area contributed by atoms with Gasteiger partial charge in [-0.1, -0.05) is 6.92 Å². The Hall–Kier alpha value is -2.92. The first kappa shape index (κ1) is 26.3. The molecule has 0 bridgehead atoms. The summed E-state index contributed by atoms with van der Waals surface area (Å²) < 4.78 is 66.6. The molecule has 0 aliphatic rings. The fourth-order valence-electron chi connectivity index (χ4n) is 2.90. The van der Waals surface area contributed by atoms with E-state index in [2.05, 4.69) is 5.32 Å². The van der Waals surface area contributed by atoms with Crippen molar-refractivity contribution in [1.29, 1.82) is 0 Å². The van der Waals surface area contributed by atoms with Crippen LogP contribution < -0.4 is 5.32 Å². The highest BCUT2D eigenvalue weighted by Gasteiger charge is 2.25. The molecule has 2 rings (SSSR count). The van der Waals surface area contributed by atoms with Gasteiger partial charge in [0.05, 0.1) is 10.6 Å². The van der Waals surface area contributed by atoms with Crippen molar-refractivity contribution >= 4 is 27.5 Å². The van der Waals surface area contributed by atoms with Gasteiger partial charge in [-0.2, -0.15) is 4.31 Å². The van der Waals surface area contributed by atoms with Gasteiger partial charge in [-0.3, -0.25) is 9.59 Å². The molecule has 33 heavy (non-hydrogen) atoms. The summed E-state index contributed by atoms with van der Waals surface area (Å²) in [5, 5.41) is 2.13. The first-order chi connectivity index (χ1) is 15.4. The van der Waals surface area contributed by atoms with E-state index in [0.29, 0.717) is 12.5 Å². The van der Waals surface area contributed by atoms with Crippen molar-refractivity contribution in [3.63, 3.8) is 0 Å². The van der Waals surface area contributed by atoms with Crippen molar-refractivity contribution in [3.05, 3.63) is 59.4 Å². The molecule has 0 aromatic heterocycles. The van der Waals surface area contributed by atoms with Gasteiger partial charge in [0.25, 0.3) is 5.91 Å². The highest BCUT2D eigenvalue weighted by atomic mass is 32.2. The van der Waals surface area contributed by atoms with Gasteiger partial charge in [0.1, 0.15) is 6.54 Å². The Kier molecular flexibility index (Phi) is 8.62. The molecule has 11 heteroatoms. The summed E-state index contributed by atoms with van der Waals surface area (Å²) in [6.07, 6.45) is 0.504. The Morgan fingerprint density at radius 2 is 1.61 bits per heavy atom. The van der Waals surface area contributed by atoms with Gasteiger partial charge < -0.3 is 10.2 Å². The SMILES string of the molecule is CCCN(CC(=O)Nc1ccc(F)c(F)c1F)C(=O)c1ccc(S(=O)(=O)N(C)C(C)C)cc1. The van der Waals surface area contributed by atoms with Crippen molar-refractivity contribution in [2.45, 2.75) is 38.1 Å². The minimum Gasteiger partial charge on any atom is -0.329 e. The number of rotatable bonds is 9. The van der Waals surface area contributed by atoms with Crippen molar-refractivity contribution in [1.82, 2.24) is 9.21 Å². The van der Waals surface area contributed by atoms with Crippen molar-refractivity contribution < 1.29 is 31.2 Å². The monoisotopic (exact) mass is 485 g/mol. The summed E-state index contributed by atoms with van der Waals surface area (Å²) >= 11 is 0. The molecule has 0 saturated heterocycles. The number of carbonyl (C=O) groups excluding carboxylic acids is 2. The highest BCUT2D eigenvalue weighted by Crippen LogP contribution is 2.20. The molecule has 2 aromatic carbocycles. The minimum atomic E-state index is -3.72. The fourth-order valence-corrected chi connectivity index (χ4v) is 4.27. The van der Waals surface area contributed by atoms with Gasteiger partial charge in [0.15, 0.2) is 17.5 Å². The van der Waals surface area contributed by atoms with Crippen molar-refractivity contribution in [3.8, 4) is 0 Å². The third-order valence-corrected chi connectivity index (χ3v) is 6.98. The molecule has 0 aliphatic heterocycles. The lowest BCUT2D eigenvalue weighted by Gasteiger charge is -2.23. The average Bonchev–Trinajstić information content (AvgIpc) is 2.78. The number of amides is 2. The van der Waals surface area contributed by atoms with Crippen LogP contribution in [-0.2, 0) is 14.8 Å². The molecule has 0 fully saturated rings. The number of hydrogen-bond acceptors (Lipinski definition) is 4. The third-order valence-electron chi connectivity index (χ3n) is 4.93. The number of nitrogens with zero attached hydrogens (tertiary/aromatic N) is 2. The zero-order valence-corrected chi connectivity index (χ0v) is 19.5. The van der Waals surface area contributed by atoms with Crippen LogP contribution >= 0.6 is 0 Å². The predicted octanol–water partition coefficient (Wildman–Crippen LogP) is 3.62. The van der Waals surface area contributed by atoms with E-state index >= 15 is 0 Å². The maximum atomic E-state index is 13.8. The number of hydrogen-bond donors (Lipinski definition) is 1. The maximum Gasteiger partial charge on any atom is 0.254 e. The molecule has 0 spiro atoms. The van der Waals surface area contributed by atoms with Gasteiger partial charge in [-0.15, -0.1) is 0 Å². The lowest BCUT2D eigenvalue weighted by Crippen LogP contribution is -2.38. The quantitative estimate of drug-likeness (QED) is 0.550. The minimum absolute atomic E-state index is 0.0175. The predicted molar refractivity (Wildman–Crippen MR) is 118 cm³/mol. The Morgan fingerprint density at radius 3 is 2.15 bits per heavy atom. The second kappa shape index (κ2) is 10.8. The molecular weight excluding hydrogens is 459 g/mol. The average molecular weight is 486 g/mol. The largest absolute Gasteiger partial charge is 0.329 e. The molecule has 0 aliphatic carbocycles. The molecule has 7 nitrogen and oxygen atoms in total. The summed E-state index contributed by atoms with van der Waals surface area (Å²) in [4.78, 5) is 26.4. The third kappa shape index (κ3) is 6.11. The summed E-state index contributed by atoms with van der Waals surface area (Å²) in [5.74, 6) is -6.00. The highest BCUT2D eigenvalue weighted by molar-refractivity contribution is 7.89. The standard InChI is InChI=1S/C22H26F3N3O4S/c1-5-12-28(13-19(29)26-18-11-10-17(23)20(24)21(18)25)22(30)15-6-8-16(9-7-15)33(31,32)27(4)14(2)3/h6-11,14H,5,12-13H2,1-4H3,(H,26,29). The number of benzene rings is 2. The van der Waals surface area contributed by atoms with E-state index in [1.54, 1.807) is 20.8 Å². The zero-order valence-electron chi connectivity index (χ0n) is 18.7. The Morgan fingerprint density at radius 1 is 1.00 bits per heavy atom. The number of carbonyl (C=O) groups is 2.